The number of benzene rings is 2. The molecular formula is C27H31N3O4. The fourth-order valence-electron chi connectivity index (χ4n) is 4.60. The molecule has 34 heavy (non-hydrogen) atoms. The monoisotopic (exact) mass is 461 g/mol. The molecule has 2 saturated heterocycles. The van der Waals surface area contributed by atoms with E-state index in [9.17, 15) is 4.79 Å². The van der Waals surface area contributed by atoms with Crippen LogP contribution in [0.4, 0.5) is 0 Å². The first-order valence-corrected chi connectivity index (χ1v) is 12.1. The number of likely N-dealkylation sites (tertiary alicyclic amines) is 1. The number of ether oxygens (including phenoxy) is 3. The van der Waals surface area contributed by atoms with E-state index in [4.69, 9.17) is 14.2 Å². The Hall–Kier alpha value is -3.16. The molecule has 1 amide bonds. The van der Waals surface area contributed by atoms with Gasteiger partial charge in [0.05, 0.1) is 13.2 Å². The number of amides is 1. The summed E-state index contributed by atoms with van der Waals surface area (Å²) >= 11 is 0. The average Bonchev–Trinajstić information content (AvgIpc) is 2.90. The number of carbonyl (C=O) groups excluding carboxylic acids is 1. The lowest BCUT2D eigenvalue weighted by Crippen LogP contribution is -2.38. The number of aromatic nitrogens is 1. The maximum Gasteiger partial charge on any atom is 0.209 e. The van der Waals surface area contributed by atoms with Gasteiger partial charge in [-0.25, -0.2) is 0 Å². The van der Waals surface area contributed by atoms with Crippen LogP contribution in [-0.4, -0.2) is 79.8 Å². The van der Waals surface area contributed by atoms with Crippen LogP contribution in [-0.2, 0) is 9.53 Å². The van der Waals surface area contributed by atoms with Crippen molar-refractivity contribution in [1.29, 1.82) is 0 Å². The van der Waals surface area contributed by atoms with Crippen molar-refractivity contribution < 1.29 is 19.0 Å². The Morgan fingerprint density at radius 2 is 1.79 bits per heavy atom. The van der Waals surface area contributed by atoms with E-state index in [2.05, 4.69) is 40.2 Å². The van der Waals surface area contributed by atoms with Crippen molar-refractivity contribution in [1.82, 2.24) is 14.8 Å². The zero-order valence-corrected chi connectivity index (χ0v) is 19.4. The molecule has 5 rings (SSSR count). The van der Waals surface area contributed by atoms with E-state index >= 15 is 0 Å². The summed E-state index contributed by atoms with van der Waals surface area (Å²) in [7, 11) is 0. The summed E-state index contributed by atoms with van der Waals surface area (Å²) in [6.07, 6.45) is 4.60. The second kappa shape index (κ2) is 10.8. The molecule has 0 radical (unpaired) electrons. The lowest BCUT2D eigenvalue weighted by atomic mass is 10.0. The van der Waals surface area contributed by atoms with Crippen LogP contribution >= 0.6 is 0 Å². The van der Waals surface area contributed by atoms with E-state index in [1.54, 1.807) is 4.90 Å². The van der Waals surface area contributed by atoms with Gasteiger partial charge in [0.15, 0.2) is 5.75 Å². The number of fused-ring (bicyclic) bond motifs is 1. The molecule has 2 aliphatic heterocycles. The molecule has 3 heterocycles. The van der Waals surface area contributed by atoms with Gasteiger partial charge in [0, 0.05) is 62.7 Å². The topological polar surface area (TPSA) is 64.1 Å². The number of rotatable bonds is 8. The number of pyridine rings is 1. The van der Waals surface area contributed by atoms with Crippen LogP contribution in [0.1, 0.15) is 12.8 Å². The van der Waals surface area contributed by atoms with Crippen molar-refractivity contribution in [2.24, 2.45) is 0 Å². The minimum Gasteiger partial charge on any atom is -0.490 e. The first-order chi connectivity index (χ1) is 16.8. The molecule has 1 aromatic heterocycles. The highest BCUT2D eigenvalue weighted by atomic mass is 16.5. The van der Waals surface area contributed by atoms with Crippen molar-refractivity contribution in [3.8, 4) is 22.6 Å². The van der Waals surface area contributed by atoms with Gasteiger partial charge >= 0.3 is 0 Å². The van der Waals surface area contributed by atoms with Gasteiger partial charge in [0.2, 0.25) is 6.41 Å². The molecule has 7 heteroatoms. The molecule has 0 unspecified atom stereocenters. The van der Waals surface area contributed by atoms with Crippen LogP contribution in [0.5, 0.6) is 11.5 Å². The Labute approximate surface area is 200 Å². The number of piperidine rings is 1. The highest BCUT2D eigenvalue weighted by molar-refractivity contribution is 5.92. The zero-order valence-electron chi connectivity index (χ0n) is 19.4. The quantitative estimate of drug-likeness (QED) is 0.478. The fourth-order valence-corrected chi connectivity index (χ4v) is 4.60. The van der Waals surface area contributed by atoms with Gasteiger partial charge in [-0.2, -0.15) is 0 Å². The van der Waals surface area contributed by atoms with E-state index in [1.807, 2.05) is 24.4 Å². The van der Waals surface area contributed by atoms with Crippen molar-refractivity contribution in [3.05, 3.63) is 54.7 Å². The number of morpholine rings is 1. The van der Waals surface area contributed by atoms with Gasteiger partial charge in [0.1, 0.15) is 24.0 Å². The largest absolute Gasteiger partial charge is 0.490 e. The third-order valence-electron chi connectivity index (χ3n) is 6.58. The lowest BCUT2D eigenvalue weighted by molar-refractivity contribution is -0.119. The van der Waals surface area contributed by atoms with Crippen LogP contribution in [0, 0.1) is 0 Å². The van der Waals surface area contributed by atoms with E-state index in [-0.39, 0.29) is 6.10 Å². The fraction of sp³-hybridized carbons (Fsp3) is 0.407. The summed E-state index contributed by atoms with van der Waals surface area (Å²) in [5.74, 6) is 1.67. The van der Waals surface area contributed by atoms with Crippen molar-refractivity contribution >= 4 is 17.3 Å². The smallest absolute Gasteiger partial charge is 0.209 e. The van der Waals surface area contributed by atoms with Crippen LogP contribution in [0.25, 0.3) is 22.0 Å². The molecule has 0 bridgehead atoms. The molecular weight excluding hydrogens is 430 g/mol. The summed E-state index contributed by atoms with van der Waals surface area (Å²) in [6, 6.07) is 16.4. The SMILES string of the molecule is O=CN1CCC(Oc2ccc(-c3ccc4cccnc4c3OCCN3CCOCC3)cc2)CC1. The van der Waals surface area contributed by atoms with E-state index < -0.39 is 0 Å². The van der Waals surface area contributed by atoms with Gasteiger partial charge in [0.25, 0.3) is 0 Å². The van der Waals surface area contributed by atoms with Crippen molar-refractivity contribution in [2.45, 2.75) is 18.9 Å². The Morgan fingerprint density at radius 1 is 1.00 bits per heavy atom. The molecule has 0 N–H and O–H groups in total. The van der Waals surface area contributed by atoms with Crippen molar-refractivity contribution in [2.75, 3.05) is 52.5 Å². The number of hydrogen-bond donors (Lipinski definition) is 0. The molecule has 0 spiro atoms. The van der Waals surface area contributed by atoms with E-state index in [0.717, 1.165) is 98.7 Å². The maximum absolute atomic E-state index is 10.9. The molecule has 0 aliphatic carbocycles. The minimum absolute atomic E-state index is 0.144. The summed E-state index contributed by atoms with van der Waals surface area (Å²) in [6.45, 7) is 6.42. The predicted molar refractivity (Wildman–Crippen MR) is 131 cm³/mol. The number of hydrogen-bond acceptors (Lipinski definition) is 6. The summed E-state index contributed by atoms with van der Waals surface area (Å²) in [4.78, 5) is 19.7. The van der Waals surface area contributed by atoms with Gasteiger partial charge in [-0.15, -0.1) is 0 Å². The Balaban J connectivity index is 1.32. The lowest BCUT2D eigenvalue weighted by Gasteiger charge is -2.29. The van der Waals surface area contributed by atoms with Gasteiger partial charge in [-0.1, -0.05) is 24.3 Å². The standard InChI is InChI=1S/C27H31N3O4/c31-20-30-12-9-24(10-13-30)34-23-6-3-21(4-7-23)25-8-5-22-2-1-11-28-26(22)27(25)33-19-16-29-14-17-32-18-15-29/h1-8,11,20,24H,9-10,12-19H2. The second-order valence-corrected chi connectivity index (χ2v) is 8.80. The summed E-state index contributed by atoms with van der Waals surface area (Å²) < 4.78 is 18.0. The highest BCUT2D eigenvalue weighted by Crippen LogP contribution is 2.36. The number of nitrogens with zero attached hydrogens (tertiary/aromatic N) is 3. The first-order valence-electron chi connectivity index (χ1n) is 12.1. The molecule has 0 saturated carbocycles. The average molecular weight is 462 g/mol. The molecule has 7 nitrogen and oxygen atoms in total. The molecule has 2 aromatic carbocycles. The molecule has 2 aliphatic rings. The van der Waals surface area contributed by atoms with Crippen molar-refractivity contribution in [3.63, 3.8) is 0 Å². The van der Waals surface area contributed by atoms with Crippen LogP contribution in [0.3, 0.4) is 0 Å². The van der Waals surface area contributed by atoms with Gasteiger partial charge < -0.3 is 19.1 Å². The van der Waals surface area contributed by atoms with Gasteiger partial charge in [-0.3, -0.25) is 14.7 Å². The predicted octanol–water partition coefficient (Wildman–Crippen LogP) is 3.61. The summed E-state index contributed by atoms with van der Waals surface area (Å²) in [5, 5.41) is 1.06. The third kappa shape index (κ3) is 5.32. The molecule has 2 fully saturated rings. The van der Waals surface area contributed by atoms with Crippen LogP contribution < -0.4 is 9.47 Å². The van der Waals surface area contributed by atoms with Gasteiger partial charge in [-0.05, 0) is 29.8 Å². The molecule has 3 aromatic rings. The second-order valence-electron chi connectivity index (χ2n) is 8.80. The maximum atomic E-state index is 10.9. The Kier molecular flexibility index (Phi) is 7.22. The van der Waals surface area contributed by atoms with Crippen LogP contribution in [0.15, 0.2) is 54.7 Å². The Morgan fingerprint density at radius 3 is 2.56 bits per heavy atom. The Bertz CT molecular complexity index is 1090. The number of carbonyl (C=O) groups is 1. The molecule has 178 valence electrons. The van der Waals surface area contributed by atoms with E-state index in [0.29, 0.717) is 6.61 Å². The zero-order chi connectivity index (χ0) is 23.2. The normalized spacial score (nSPS) is 17.6. The minimum atomic E-state index is 0.144. The molecule has 0 atom stereocenters. The van der Waals surface area contributed by atoms with Crippen LogP contribution in [0.2, 0.25) is 0 Å². The third-order valence-corrected chi connectivity index (χ3v) is 6.58. The van der Waals surface area contributed by atoms with E-state index in [1.165, 1.54) is 0 Å². The first kappa shape index (κ1) is 22.6. The highest BCUT2D eigenvalue weighted by Gasteiger charge is 2.20. The summed E-state index contributed by atoms with van der Waals surface area (Å²) in [5.41, 5.74) is 2.97.